The van der Waals surface area contributed by atoms with Gasteiger partial charge in [-0.25, -0.2) is 0 Å². The van der Waals surface area contributed by atoms with E-state index in [-0.39, 0.29) is 6.71 Å². The number of para-hydroxylation sites is 4. The molecular formula is C52H33BN2O2. The highest BCUT2D eigenvalue weighted by atomic mass is 16.5. The molecule has 3 heterocycles. The Hall–Kier alpha value is -7.50. The van der Waals surface area contributed by atoms with Crippen molar-refractivity contribution in [3.63, 3.8) is 0 Å². The topological polar surface area (TPSA) is 26.6 Å². The number of ether oxygens (including phenoxy) is 2. The van der Waals surface area contributed by atoms with Crippen LogP contribution in [-0.4, -0.2) is 11.3 Å². The second kappa shape index (κ2) is 12.5. The highest BCUT2D eigenvalue weighted by Gasteiger charge is 2.42. The fourth-order valence-electron chi connectivity index (χ4n) is 9.23. The Labute approximate surface area is 330 Å². The van der Waals surface area contributed by atoms with E-state index < -0.39 is 0 Å². The van der Waals surface area contributed by atoms with E-state index in [4.69, 9.17) is 9.47 Å². The normalized spacial score (nSPS) is 12.5. The lowest BCUT2D eigenvalue weighted by Crippen LogP contribution is -2.57. The van der Waals surface area contributed by atoms with Crippen LogP contribution in [0.1, 0.15) is 0 Å². The third kappa shape index (κ3) is 4.82. The van der Waals surface area contributed by atoms with Crippen LogP contribution in [0.25, 0.3) is 49.4 Å². The summed E-state index contributed by atoms with van der Waals surface area (Å²) < 4.78 is 16.4. The lowest BCUT2D eigenvalue weighted by atomic mass is 9.35. The third-order valence-corrected chi connectivity index (χ3v) is 11.7. The van der Waals surface area contributed by atoms with E-state index in [2.05, 4.69) is 210 Å². The zero-order valence-electron chi connectivity index (χ0n) is 30.8. The van der Waals surface area contributed by atoms with Gasteiger partial charge in [-0.3, -0.25) is 0 Å². The maximum atomic E-state index is 7.11. The monoisotopic (exact) mass is 728 g/mol. The molecule has 0 unspecified atom stereocenters. The second-order valence-corrected chi connectivity index (χ2v) is 14.8. The van der Waals surface area contributed by atoms with Gasteiger partial charge < -0.3 is 18.9 Å². The molecule has 1 aromatic heterocycles. The summed E-state index contributed by atoms with van der Waals surface area (Å²) in [5.74, 6) is 3.42. The molecule has 10 aromatic rings. The molecule has 9 aromatic carbocycles. The Kier molecular flexibility index (Phi) is 6.99. The van der Waals surface area contributed by atoms with Crippen molar-refractivity contribution in [3.8, 4) is 39.8 Å². The predicted octanol–water partition coefficient (Wildman–Crippen LogP) is 11.8. The van der Waals surface area contributed by atoms with Gasteiger partial charge in [0.2, 0.25) is 0 Å². The Bertz CT molecular complexity index is 3170. The van der Waals surface area contributed by atoms with E-state index >= 15 is 0 Å². The van der Waals surface area contributed by atoms with Crippen molar-refractivity contribution in [1.29, 1.82) is 0 Å². The molecule has 266 valence electrons. The van der Waals surface area contributed by atoms with Gasteiger partial charge in [0, 0.05) is 38.7 Å². The van der Waals surface area contributed by atoms with Crippen LogP contribution in [0.15, 0.2) is 200 Å². The summed E-state index contributed by atoms with van der Waals surface area (Å²) in [4.78, 5) is 2.39. The lowest BCUT2D eigenvalue weighted by molar-refractivity contribution is 0.467. The van der Waals surface area contributed by atoms with E-state index in [0.29, 0.717) is 0 Å². The van der Waals surface area contributed by atoms with Gasteiger partial charge in [-0.2, -0.15) is 0 Å². The molecule has 0 spiro atoms. The maximum absolute atomic E-state index is 7.11. The highest BCUT2D eigenvalue weighted by Crippen LogP contribution is 2.49. The molecule has 0 amide bonds. The maximum Gasteiger partial charge on any atom is 0.260 e. The van der Waals surface area contributed by atoms with Crippen LogP contribution in [0.5, 0.6) is 23.0 Å². The Morgan fingerprint density at radius 1 is 0.439 bits per heavy atom. The summed E-state index contributed by atoms with van der Waals surface area (Å²) in [6, 6.07) is 71.2. The quantitative estimate of drug-likeness (QED) is 0.165. The van der Waals surface area contributed by atoms with Crippen LogP contribution in [-0.2, 0) is 0 Å². The Morgan fingerprint density at radius 3 is 1.72 bits per heavy atom. The van der Waals surface area contributed by atoms with E-state index in [1.165, 1.54) is 11.1 Å². The molecule has 0 bridgehead atoms. The van der Waals surface area contributed by atoms with Crippen molar-refractivity contribution in [1.82, 2.24) is 4.57 Å². The number of nitrogens with zero attached hydrogens (tertiary/aromatic N) is 2. The average Bonchev–Trinajstić information content (AvgIpc) is 3.61. The van der Waals surface area contributed by atoms with Crippen molar-refractivity contribution in [2.24, 2.45) is 0 Å². The molecule has 12 rings (SSSR count). The van der Waals surface area contributed by atoms with Crippen LogP contribution in [0.3, 0.4) is 0 Å². The van der Waals surface area contributed by atoms with E-state index in [9.17, 15) is 0 Å². The number of hydrogen-bond donors (Lipinski definition) is 0. The minimum atomic E-state index is -0.0312. The molecule has 0 saturated heterocycles. The van der Waals surface area contributed by atoms with Gasteiger partial charge in [0.05, 0.1) is 16.7 Å². The fourth-order valence-corrected chi connectivity index (χ4v) is 9.23. The molecule has 0 fully saturated rings. The zero-order chi connectivity index (χ0) is 37.5. The van der Waals surface area contributed by atoms with Crippen molar-refractivity contribution < 1.29 is 9.47 Å². The molecule has 57 heavy (non-hydrogen) atoms. The first kappa shape index (κ1) is 31.8. The summed E-state index contributed by atoms with van der Waals surface area (Å²) in [5.41, 5.74) is 12.1. The summed E-state index contributed by atoms with van der Waals surface area (Å²) in [5, 5.41) is 4.54. The van der Waals surface area contributed by atoms with Gasteiger partial charge in [0.15, 0.2) is 5.75 Å². The highest BCUT2D eigenvalue weighted by molar-refractivity contribution is 6.98. The SMILES string of the molecule is c1ccc(-c2ccc(N(c3ccccc3)c3cc4c(c5ccccc35)c3cc5c6c(c3n4-c3ccccc3)Oc3ccccc3B6c3ccccc3O5)cc2)cc1. The molecule has 0 radical (unpaired) electrons. The van der Waals surface area contributed by atoms with Crippen LogP contribution >= 0.6 is 0 Å². The second-order valence-electron chi connectivity index (χ2n) is 14.8. The molecule has 0 aliphatic carbocycles. The van der Waals surface area contributed by atoms with Gasteiger partial charge in [0.25, 0.3) is 6.71 Å². The van der Waals surface area contributed by atoms with Crippen LogP contribution < -0.4 is 30.8 Å². The van der Waals surface area contributed by atoms with Gasteiger partial charge in [-0.15, -0.1) is 0 Å². The van der Waals surface area contributed by atoms with Crippen molar-refractivity contribution in [3.05, 3.63) is 200 Å². The predicted molar refractivity (Wildman–Crippen MR) is 236 cm³/mol. The average molecular weight is 729 g/mol. The largest absolute Gasteiger partial charge is 0.458 e. The first-order valence-electron chi connectivity index (χ1n) is 19.5. The van der Waals surface area contributed by atoms with E-state index in [1.54, 1.807) is 0 Å². The van der Waals surface area contributed by atoms with Gasteiger partial charge >= 0.3 is 0 Å². The van der Waals surface area contributed by atoms with E-state index in [0.717, 1.165) is 94.7 Å². The van der Waals surface area contributed by atoms with Gasteiger partial charge in [0.1, 0.15) is 17.2 Å². The van der Waals surface area contributed by atoms with Gasteiger partial charge in [-0.05, 0) is 88.1 Å². The first-order chi connectivity index (χ1) is 28.3. The summed E-state index contributed by atoms with van der Waals surface area (Å²) in [6.45, 7) is -0.0312. The van der Waals surface area contributed by atoms with Crippen LogP contribution in [0, 0.1) is 0 Å². The third-order valence-electron chi connectivity index (χ3n) is 11.7. The molecule has 0 N–H and O–H groups in total. The van der Waals surface area contributed by atoms with Crippen molar-refractivity contribution in [2.45, 2.75) is 0 Å². The van der Waals surface area contributed by atoms with Crippen molar-refractivity contribution >= 4 is 72.7 Å². The summed E-state index contributed by atoms with van der Waals surface area (Å²) in [7, 11) is 0. The molecular weight excluding hydrogens is 695 g/mol. The Balaban J connectivity index is 1.19. The number of anilines is 3. The number of rotatable bonds is 5. The minimum Gasteiger partial charge on any atom is -0.458 e. The number of fused-ring (bicyclic) bond motifs is 10. The fraction of sp³-hybridized carbons (Fsp3) is 0. The van der Waals surface area contributed by atoms with Gasteiger partial charge in [-0.1, -0.05) is 140 Å². The number of aromatic nitrogens is 1. The van der Waals surface area contributed by atoms with Crippen LogP contribution in [0.2, 0.25) is 0 Å². The molecule has 0 saturated carbocycles. The summed E-state index contributed by atoms with van der Waals surface area (Å²) in [6.07, 6.45) is 0. The first-order valence-corrected chi connectivity index (χ1v) is 19.5. The lowest BCUT2D eigenvalue weighted by Gasteiger charge is -2.33. The molecule has 2 aliphatic heterocycles. The van der Waals surface area contributed by atoms with Crippen molar-refractivity contribution in [2.75, 3.05) is 4.90 Å². The molecule has 4 nitrogen and oxygen atoms in total. The zero-order valence-corrected chi connectivity index (χ0v) is 30.8. The Morgan fingerprint density at radius 2 is 1.00 bits per heavy atom. The minimum absolute atomic E-state index is 0.0312. The molecule has 2 aliphatic rings. The standard InChI is InChI=1S/C52H33BN2O2/c1-4-16-34(17-5-1)35-28-30-38(31-29-35)54(36-18-6-2-7-19-36)44-33-45-49(40-23-11-10-22-39(40)44)41-32-48-50-52(51(41)55(45)37-20-8-3-9-21-37)57-47-27-15-13-25-43(47)53(50)42-24-12-14-26-46(42)56-48/h1-33H. The number of benzene rings is 9. The molecule has 0 atom stereocenters. The number of hydrogen-bond acceptors (Lipinski definition) is 3. The van der Waals surface area contributed by atoms with Crippen LogP contribution in [0.4, 0.5) is 17.1 Å². The summed E-state index contributed by atoms with van der Waals surface area (Å²) >= 11 is 0. The van der Waals surface area contributed by atoms with E-state index in [1.807, 2.05) is 0 Å². The molecule has 5 heteroatoms. The smallest absolute Gasteiger partial charge is 0.260 e.